The van der Waals surface area contributed by atoms with Crippen LogP contribution in [0, 0.1) is 6.92 Å². The van der Waals surface area contributed by atoms with Gasteiger partial charge >= 0.3 is 0 Å². The average Bonchev–Trinajstić information content (AvgIpc) is 2.79. The van der Waals surface area contributed by atoms with E-state index in [0.29, 0.717) is 0 Å². The Bertz CT molecular complexity index is 446. The Morgan fingerprint density at radius 2 is 2.27 bits per heavy atom. The summed E-state index contributed by atoms with van der Waals surface area (Å²) in [4.78, 5) is 2.49. The number of nitrogens with one attached hydrogen (secondary N) is 1. The van der Waals surface area contributed by atoms with Gasteiger partial charge in [0.2, 0.25) is 0 Å². The monoisotopic (exact) mass is 222 g/mol. The van der Waals surface area contributed by atoms with Crippen molar-refractivity contribution in [1.82, 2.24) is 15.2 Å². The number of nitrogens with zero attached hydrogens (tertiary/aromatic N) is 2. The molecule has 2 rings (SSSR count). The van der Waals surface area contributed by atoms with E-state index in [0.717, 1.165) is 5.69 Å². The van der Waals surface area contributed by atoms with Gasteiger partial charge in [-0.3, -0.25) is 10.5 Å². The molecule has 0 amide bonds. The fourth-order valence-corrected chi connectivity index (χ4v) is 2.54. The lowest BCUT2D eigenvalue weighted by Gasteiger charge is -2.14. The molecule has 4 nitrogen and oxygen atoms in total. The number of hydrogen-bond donors (Lipinski definition) is 2. The van der Waals surface area contributed by atoms with Gasteiger partial charge < -0.3 is 0 Å². The van der Waals surface area contributed by atoms with Crippen molar-refractivity contribution in [2.24, 2.45) is 12.9 Å². The Hall–Kier alpha value is -1.17. The molecule has 1 unspecified atom stereocenters. The van der Waals surface area contributed by atoms with Crippen molar-refractivity contribution in [3.63, 3.8) is 0 Å². The van der Waals surface area contributed by atoms with Crippen LogP contribution in [0.2, 0.25) is 0 Å². The molecule has 0 saturated carbocycles. The minimum atomic E-state index is 0.0243. The summed E-state index contributed by atoms with van der Waals surface area (Å²) >= 11 is 1.74. The molecule has 0 spiro atoms. The van der Waals surface area contributed by atoms with Crippen LogP contribution in [0.25, 0.3) is 0 Å². The van der Waals surface area contributed by atoms with Crippen molar-refractivity contribution in [2.75, 3.05) is 0 Å². The summed E-state index contributed by atoms with van der Waals surface area (Å²) in [5.74, 6) is 5.59. The van der Waals surface area contributed by atoms with Gasteiger partial charge in [0.15, 0.2) is 0 Å². The summed E-state index contributed by atoms with van der Waals surface area (Å²) in [6.07, 6.45) is 1.78. The lowest BCUT2D eigenvalue weighted by Crippen LogP contribution is -2.29. The first-order valence-electron chi connectivity index (χ1n) is 4.72. The molecular weight excluding hydrogens is 208 g/mol. The van der Waals surface area contributed by atoms with Gasteiger partial charge in [-0.2, -0.15) is 5.10 Å². The molecule has 3 N–H and O–H groups in total. The molecule has 0 aliphatic carbocycles. The summed E-state index contributed by atoms with van der Waals surface area (Å²) in [5.41, 5.74) is 3.89. The van der Waals surface area contributed by atoms with Gasteiger partial charge in [-0.05, 0) is 25.1 Å². The molecule has 0 radical (unpaired) electrons. The Balaban J connectivity index is 2.36. The zero-order valence-electron chi connectivity index (χ0n) is 8.77. The van der Waals surface area contributed by atoms with Crippen LogP contribution >= 0.6 is 11.3 Å². The molecule has 0 fully saturated rings. The Morgan fingerprint density at radius 1 is 1.47 bits per heavy atom. The van der Waals surface area contributed by atoms with E-state index >= 15 is 0 Å². The highest BCUT2D eigenvalue weighted by molar-refractivity contribution is 7.12. The fraction of sp³-hybridized carbons (Fsp3) is 0.300. The maximum Gasteiger partial charge on any atom is 0.0969 e. The maximum absolute atomic E-state index is 5.59. The van der Waals surface area contributed by atoms with Crippen LogP contribution in [0.1, 0.15) is 21.5 Å². The van der Waals surface area contributed by atoms with E-state index in [4.69, 9.17) is 5.84 Å². The van der Waals surface area contributed by atoms with Gasteiger partial charge in [0.05, 0.1) is 11.7 Å². The smallest absolute Gasteiger partial charge is 0.0969 e. The van der Waals surface area contributed by atoms with E-state index in [1.807, 2.05) is 17.8 Å². The van der Waals surface area contributed by atoms with Crippen molar-refractivity contribution >= 4 is 11.3 Å². The van der Waals surface area contributed by atoms with E-state index in [1.54, 1.807) is 17.5 Å². The Morgan fingerprint density at radius 3 is 2.73 bits per heavy atom. The second-order valence-electron chi connectivity index (χ2n) is 3.43. The molecule has 15 heavy (non-hydrogen) atoms. The zero-order valence-corrected chi connectivity index (χ0v) is 9.58. The highest BCUT2D eigenvalue weighted by Gasteiger charge is 2.16. The van der Waals surface area contributed by atoms with Gasteiger partial charge in [0.25, 0.3) is 0 Å². The van der Waals surface area contributed by atoms with Gasteiger partial charge in [-0.15, -0.1) is 11.3 Å². The molecular formula is C10H14N4S. The molecule has 1 atom stereocenters. The molecule has 0 aliphatic heterocycles. The minimum absolute atomic E-state index is 0.0243. The highest BCUT2D eigenvalue weighted by Crippen LogP contribution is 2.26. The largest absolute Gasteiger partial charge is 0.271 e. The van der Waals surface area contributed by atoms with Crippen molar-refractivity contribution < 1.29 is 0 Å². The first-order chi connectivity index (χ1) is 7.22. The molecule has 2 aromatic rings. The van der Waals surface area contributed by atoms with E-state index < -0.39 is 0 Å². The molecule has 0 saturated heterocycles. The number of nitrogens with two attached hydrogens (primary N) is 1. The second kappa shape index (κ2) is 4.14. The Kier molecular flexibility index (Phi) is 2.86. The van der Waals surface area contributed by atoms with Crippen LogP contribution in [0.5, 0.6) is 0 Å². The SMILES string of the molecule is Cc1ccc(C(NN)c2ccnn2C)s1. The average molecular weight is 222 g/mol. The van der Waals surface area contributed by atoms with E-state index in [2.05, 4.69) is 29.6 Å². The number of aryl methyl sites for hydroxylation is 2. The molecule has 0 aromatic carbocycles. The summed E-state index contributed by atoms with van der Waals surface area (Å²) in [7, 11) is 1.92. The number of thiophene rings is 1. The predicted octanol–water partition coefficient (Wildman–Crippen LogP) is 1.34. The third-order valence-corrected chi connectivity index (χ3v) is 3.43. The number of hydrazine groups is 1. The lowest BCUT2D eigenvalue weighted by molar-refractivity contribution is 0.582. The first-order valence-corrected chi connectivity index (χ1v) is 5.54. The highest BCUT2D eigenvalue weighted by atomic mass is 32.1. The number of aromatic nitrogens is 2. The molecule has 0 bridgehead atoms. The van der Waals surface area contributed by atoms with Crippen LogP contribution in [0.4, 0.5) is 0 Å². The van der Waals surface area contributed by atoms with Crippen molar-refractivity contribution in [3.05, 3.63) is 39.8 Å². The summed E-state index contributed by atoms with van der Waals surface area (Å²) in [5, 5.41) is 4.14. The fourth-order valence-electron chi connectivity index (χ4n) is 1.59. The number of rotatable bonds is 3. The third kappa shape index (κ3) is 1.94. The topological polar surface area (TPSA) is 55.9 Å². The van der Waals surface area contributed by atoms with E-state index in [-0.39, 0.29) is 6.04 Å². The van der Waals surface area contributed by atoms with Crippen LogP contribution < -0.4 is 11.3 Å². The van der Waals surface area contributed by atoms with Gasteiger partial charge in [0.1, 0.15) is 0 Å². The number of hydrogen-bond acceptors (Lipinski definition) is 4. The Labute approximate surface area is 92.7 Å². The van der Waals surface area contributed by atoms with Crippen molar-refractivity contribution in [2.45, 2.75) is 13.0 Å². The third-order valence-electron chi connectivity index (χ3n) is 2.37. The molecule has 5 heteroatoms. The molecule has 0 aliphatic rings. The van der Waals surface area contributed by atoms with Gasteiger partial charge in [-0.1, -0.05) is 0 Å². The van der Waals surface area contributed by atoms with Crippen LogP contribution in [0.15, 0.2) is 24.4 Å². The molecule has 2 aromatic heterocycles. The van der Waals surface area contributed by atoms with Crippen molar-refractivity contribution in [1.29, 1.82) is 0 Å². The normalized spacial score (nSPS) is 13.0. The quantitative estimate of drug-likeness (QED) is 0.608. The minimum Gasteiger partial charge on any atom is -0.271 e. The summed E-state index contributed by atoms with van der Waals surface area (Å²) in [6.45, 7) is 2.09. The van der Waals surface area contributed by atoms with E-state index in [1.165, 1.54) is 9.75 Å². The maximum atomic E-state index is 5.59. The van der Waals surface area contributed by atoms with Gasteiger partial charge in [0, 0.05) is 23.0 Å². The lowest BCUT2D eigenvalue weighted by atomic mass is 10.2. The molecule has 2 heterocycles. The first kappa shape index (κ1) is 10.4. The van der Waals surface area contributed by atoms with Crippen LogP contribution in [-0.2, 0) is 7.05 Å². The predicted molar refractivity (Wildman–Crippen MR) is 61.4 cm³/mol. The van der Waals surface area contributed by atoms with Crippen LogP contribution in [0.3, 0.4) is 0 Å². The second-order valence-corrected chi connectivity index (χ2v) is 4.75. The molecule has 80 valence electrons. The van der Waals surface area contributed by atoms with E-state index in [9.17, 15) is 0 Å². The van der Waals surface area contributed by atoms with Crippen molar-refractivity contribution in [3.8, 4) is 0 Å². The summed E-state index contributed by atoms with van der Waals surface area (Å²) in [6, 6.07) is 6.19. The van der Waals surface area contributed by atoms with Gasteiger partial charge in [-0.25, -0.2) is 5.43 Å². The summed E-state index contributed by atoms with van der Waals surface area (Å²) < 4.78 is 1.83. The zero-order chi connectivity index (χ0) is 10.8. The van der Waals surface area contributed by atoms with Crippen LogP contribution in [-0.4, -0.2) is 9.78 Å². The standard InChI is InChI=1S/C10H14N4S/c1-7-3-4-9(15-7)10(13-11)8-5-6-12-14(8)2/h3-6,10,13H,11H2,1-2H3.